The number of carboxylic acids is 1. The van der Waals surface area contributed by atoms with Crippen molar-refractivity contribution in [2.75, 3.05) is 6.54 Å². The van der Waals surface area contributed by atoms with Crippen molar-refractivity contribution in [3.63, 3.8) is 0 Å². The van der Waals surface area contributed by atoms with Gasteiger partial charge in [-0.2, -0.15) is 0 Å². The number of carboxylic acid groups (broad SMARTS) is 1. The number of hydrogen-bond donors (Lipinski definition) is 2. The maximum Gasteiger partial charge on any atom is 0.325 e. The fourth-order valence-electron chi connectivity index (χ4n) is 5.55. The van der Waals surface area contributed by atoms with Crippen molar-refractivity contribution in [3.05, 3.63) is 79.2 Å². The number of imide groups is 1. The number of nitrogens with zero attached hydrogens (tertiary/aromatic N) is 3. The predicted octanol–water partition coefficient (Wildman–Crippen LogP) is 3.12. The summed E-state index contributed by atoms with van der Waals surface area (Å²) >= 11 is 1.44. The van der Waals surface area contributed by atoms with Crippen molar-refractivity contribution in [1.29, 1.82) is 0 Å². The first kappa shape index (κ1) is 25.7. The summed E-state index contributed by atoms with van der Waals surface area (Å²) in [6.07, 6.45) is 0.268. The van der Waals surface area contributed by atoms with Gasteiger partial charge in [-0.15, -0.1) is 11.3 Å². The minimum absolute atomic E-state index is 0.115. The molecule has 0 bridgehead atoms. The second kappa shape index (κ2) is 9.44. The van der Waals surface area contributed by atoms with Crippen LogP contribution in [0.2, 0.25) is 0 Å². The Kier molecular flexibility index (Phi) is 6.40. The van der Waals surface area contributed by atoms with E-state index in [9.17, 15) is 29.6 Å². The number of nitro groups is 1. The van der Waals surface area contributed by atoms with E-state index in [0.29, 0.717) is 23.5 Å². The highest BCUT2D eigenvalue weighted by Gasteiger charge is 2.68. The van der Waals surface area contributed by atoms with Crippen LogP contribution in [0.3, 0.4) is 0 Å². The third-order valence-electron chi connectivity index (χ3n) is 7.66. The summed E-state index contributed by atoms with van der Waals surface area (Å²) in [6, 6.07) is 6.44. The van der Waals surface area contributed by atoms with E-state index in [2.05, 4.69) is 10.3 Å². The van der Waals surface area contributed by atoms with Crippen LogP contribution in [-0.4, -0.2) is 49.8 Å². The first-order chi connectivity index (χ1) is 18.0. The van der Waals surface area contributed by atoms with Gasteiger partial charge >= 0.3 is 5.97 Å². The molecule has 0 spiro atoms. The Morgan fingerprint density at radius 3 is 2.50 bits per heavy atom. The van der Waals surface area contributed by atoms with Crippen LogP contribution in [0.1, 0.15) is 39.3 Å². The number of furan rings is 1. The number of non-ortho nitro benzene ring substituents is 1. The highest BCUT2D eigenvalue weighted by molar-refractivity contribution is 7.09. The molecule has 0 radical (unpaired) electrons. The van der Waals surface area contributed by atoms with Gasteiger partial charge in [0.2, 0.25) is 11.8 Å². The van der Waals surface area contributed by atoms with Crippen molar-refractivity contribution in [2.45, 2.75) is 45.2 Å². The van der Waals surface area contributed by atoms with Gasteiger partial charge in [0.05, 0.1) is 34.0 Å². The Bertz CT molecular complexity index is 1430. The number of carbonyl (C=O) groups excluding carboxylic acids is 2. The maximum absolute atomic E-state index is 13.8. The minimum Gasteiger partial charge on any atom is -0.480 e. The van der Waals surface area contributed by atoms with Crippen LogP contribution >= 0.6 is 11.3 Å². The summed E-state index contributed by atoms with van der Waals surface area (Å²) in [6.45, 7) is 5.60. The molecule has 2 aliphatic heterocycles. The Morgan fingerprint density at radius 2 is 1.95 bits per heavy atom. The molecule has 38 heavy (non-hydrogen) atoms. The standard InChI is InChI=1S/C26H26N4O7S/c1-13-10-18(37-15(13)3)22-20-21(24(32)29(23(20)31)9-8-19-14(2)27-12-38-19)26(28-22,25(33)34)11-16-4-6-17(7-5-16)30(35)36/h4-7,10,12,20-22,28H,8-9,11H2,1-3H3,(H,33,34). The van der Waals surface area contributed by atoms with Crippen LogP contribution in [0.15, 0.2) is 40.3 Å². The molecule has 4 atom stereocenters. The van der Waals surface area contributed by atoms with Crippen molar-refractivity contribution in [2.24, 2.45) is 11.8 Å². The fourth-order valence-corrected chi connectivity index (χ4v) is 6.32. The van der Waals surface area contributed by atoms with Gasteiger partial charge in [-0.1, -0.05) is 12.1 Å². The summed E-state index contributed by atoms with van der Waals surface area (Å²) in [7, 11) is 0. The highest BCUT2D eigenvalue weighted by atomic mass is 32.1. The lowest BCUT2D eigenvalue weighted by Gasteiger charge is -2.31. The van der Waals surface area contributed by atoms with Gasteiger partial charge in [-0.3, -0.25) is 34.7 Å². The van der Waals surface area contributed by atoms with Crippen LogP contribution in [0.4, 0.5) is 5.69 Å². The van der Waals surface area contributed by atoms with E-state index < -0.39 is 46.1 Å². The molecule has 11 nitrogen and oxygen atoms in total. The lowest BCUT2D eigenvalue weighted by Crippen LogP contribution is -2.57. The van der Waals surface area contributed by atoms with E-state index in [1.807, 2.05) is 13.8 Å². The Labute approximate surface area is 221 Å². The summed E-state index contributed by atoms with van der Waals surface area (Å²) in [5.74, 6) is -3.43. The summed E-state index contributed by atoms with van der Waals surface area (Å²) in [5, 5.41) is 24.7. The number of amides is 2. The molecule has 0 saturated carbocycles. The molecule has 2 fully saturated rings. The number of likely N-dealkylation sites (tertiary alicyclic amines) is 1. The molecule has 2 aromatic heterocycles. The third kappa shape index (κ3) is 4.09. The average molecular weight is 539 g/mol. The topological polar surface area (TPSA) is 156 Å². The summed E-state index contributed by atoms with van der Waals surface area (Å²) < 4.78 is 5.91. The van der Waals surface area contributed by atoms with Crippen LogP contribution in [-0.2, 0) is 27.2 Å². The van der Waals surface area contributed by atoms with Crippen molar-refractivity contribution < 1.29 is 28.8 Å². The molecule has 2 saturated heterocycles. The predicted molar refractivity (Wildman–Crippen MR) is 135 cm³/mol. The van der Waals surface area contributed by atoms with Crippen molar-refractivity contribution in [3.8, 4) is 0 Å². The molecule has 5 rings (SSSR count). The third-order valence-corrected chi connectivity index (χ3v) is 8.65. The SMILES string of the molecule is Cc1cc(C2NC(Cc3ccc([N+](=O)[O-])cc3)(C(=O)O)C3C(=O)N(CCc4scnc4C)C(=O)C23)oc1C. The van der Waals surface area contributed by atoms with E-state index in [-0.39, 0.29) is 18.7 Å². The molecule has 1 aromatic carbocycles. The van der Waals surface area contributed by atoms with E-state index in [1.54, 1.807) is 18.5 Å². The van der Waals surface area contributed by atoms with E-state index in [4.69, 9.17) is 4.42 Å². The highest BCUT2D eigenvalue weighted by Crippen LogP contribution is 2.50. The normalized spacial score (nSPS) is 24.7. The van der Waals surface area contributed by atoms with Gasteiger partial charge in [0.1, 0.15) is 17.1 Å². The van der Waals surface area contributed by atoms with Crippen LogP contribution in [0.5, 0.6) is 0 Å². The molecular formula is C26H26N4O7S. The molecular weight excluding hydrogens is 512 g/mol. The van der Waals surface area contributed by atoms with E-state index >= 15 is 0 Å². The van der Waals surface area contributed by atoms with Crippen LogP contribution in [0, 0.1) is 42.7 Å². The summed E-state index contributed by atoms with van der Waals surface area (Å²) in [5.41, 5.74) is 1.89. The second-order valence-electron chi connectivity index (χ2n) is 9.83. The minimum atomic E-state index is -1.83. The fraction of sp³-hybridized carbons (Fsp3) is 0.385. The molecule has 3 aromatic rings. The molecule has 0 aliphatic carbocycles. The number of aryl methyl sites for hydroxylation is 3. The van der Waals surface area contributed by atoms with Crippen LogP contribution < -0.4 is 5.32 Å². The van der Waals surface area contributed by atoms with E-state index in [1.165, 1.54) is 40.5 Å². The Morgan fingerprint density at radius 1 is 1.24 bits per heavy atom. The number of hydrogen-bond acceptors (Lipinski definition) is 9. The number of aromatic nitrogens is 1. The van der Waals surface area contributed by atoms with Crippen LogP contribution in [0.25, 0.3) is 0 Å². The number of rotatable bonds is 8. The van der Waals surface area contributed by atoms with Gasteiger partial charge in [0.25, 0.3) is 5.69 Å². The largest absolute Gasteiger partial charge is 0.480 e. The Balaban J connectivity index is 1.55. The molecule has 2 aliphatic rings. The molecule has 4 unspecified atom stereocenters. The zero-order chi connectivity index (χ0) is 27.4. The molecule has 2 amide bonds. The number of nitrogens with one attached hydrogen (secondary N) is 1. The number of thiazole rings is 1. The molecule has 2 N–H and O–H groups in total. The second-order valence-corrected chi connectivity index (χ2v) is 10.8. The number of fused-ring (bicyclic) bond motifs is 1. The zero-order valence-electron chi connectivity index (χ0n) is 21.0. The van der Waals surface area contributed by atoms with Crippen molar-refractivity contribution in [1.82, 2.24) is 15.2 Å². The lowest BCUT2D eigenvalue weighted by molar-refractivity contribution is -0.384. The monoisotopic (exact) mass is 538 g/mol. The number of nitro benzene ring substituents is 1. The summed E-state index contributed by atoms with van der Waals surface area (Å²) in [4.78, 5) is 57.4. The Hall–Kier alpha value is -3.90. The molecule has 198 valence electrons. The van der Waals surface area contributed by atoms with Gasteiger partial charge in [-0.25, -0.2) is 4.98 Å². The number of benzene rings is 1. The van der Waals surface area contributed by atoms with Gasteiger partial charge in [0, 0.05) is 36.4 Å². The van der Waals surface area contributed by atoms with Crippen molar-refractivity contribution >= 4 is 34.8 Å². The smallest absolute Gasteiger partial charge is 0.325 e. The van der Waals surface area contributed by atoms with Gasteiger partial charge < -0.3 is 9.52 Å². The van der Waals surface area contributed by atoms with E-state index in [0.717, 1.165) is 16.1 Å². The quantitative estimate of drug-likeness (QED) is 0.250. The molecule has 12 heteroatoms. The van der Waals surface area contributed by atoms with Gasteiger partial charge in [0.15, 0.2) is 0 Å². The maximum atomic E-state index is 13.8. The number of carbonyl (C=O) groups is 3. The number of aliphatic carboxylic acids is 1. The lowest BCUT2D eigenvalue weighted by atomic mass is 9.76. The average Bonchev–Trinajstić information content (AvgIpc) is 3.59. The molecule has 4 heterocycles. The zero-order valence-corrected chi connectivity index (χ0v) is 21.8. The van der Waals surface area contributed by atoms with Gasteiger partial charge in [-0.05, 0) is 38.0 Å². The first-order valence-corrected chi connectivity index (χ1v) is 13.0. The first-order valence-electron chi connectivity index (χ1n) is 12.1.